The number of rotatable bonds is 5. The lowest BCUT2D eigenvalue weighted by atomic mass is 10.1. The summed E-state index contributed by atoms with van der Waals surface area (Å²) in [6.45, 7) is 3.63. The van der Waals surface area contributed by atoms with Crippen molar-refractivity contribution in [2.24, 2.45) is 0 Å². The van der Waals surface area contributed by atoms with Crippen molar-refractivity contribution in [2.75, 3.05) is 6.54 Å². The monoisotopic (exact) mass is 281 g/mol. The Morgan fingerprint density at radius 2 is 1.89 bits per heavy atom. The zero-order chi connectivity index (χ0) is 13.0. The van der Waals surface area contributed by atoms with Crippen LogP contribution < -0.4 is 5.32 Å². The molecule has 0 aliphatic rings. The van der Waals surface area contributed by atoms with E-state index in [0.29, 0.717) is 6.54 Å². The van der Waals surface area contributed by atoms with Gasteiger partial charge in [-0.05, 0) is 30.8 Å². The van der Waals surface area contributed by atoms with Gasteiger partial charge in [-0.3, -0.25) is 0 Å². The molecule has 0 unspecified atom stereocenters. The maximum absolute atomic E-state index is 10.7. The molecule has 2 N–H and O–H groups in total. The van der Waals surface area contributed by atoms with Crippen LogP contribution in [0, 0.1) is 0 Å². The first-order valence-corrected chi connectivity index (χ1v) is 5.84. The summed E-state index contributed by atoms with van der Waals surface area (Å²) in [5, 5.41) is 12.0. The maximum atomic E-state index is 10.7. The van der Waals surface area contributed by atoms with Gasteiger partial charge in [0.1, 0.15) is 11.5 Å². The molecule has 0 amide bonds. The van der Waals surface area contributed by atoms with Gasteiger partial charge in [-0.15, -0.1) is 12.4 Å². The number of aromatic carboxylic acids is 1. The van der Waals surface area contributed by atoms with E-state index in [-0.39, 0.29) is 18.0 Å². The van der Waals surface area contributed by atoms with E-state index in [9.17, 15) is 4.79 Å². The molecular weight excluding hydrogens is 266 g/mol. The van der Waals surface area contributed by atoms with Gasteiger partial charge < -0.3 is 14.8 Å². The average Bonchev–Trinajstić information content (AvgIpc) is 2.85. The van der Waals surface area contributed by atoms with Gasteiger partial charge in [-0.1, -0.05) is 19.1 Å². The van der Waals surface area contributed by atoms with Crippen LogP contribution >= 0.6 is 12.4 Å². The molecule has 0 fully saturated rings. The number of carbonyl (C=O) groups is 1. The fourth-order valence-electron chi connectivity index (χ4n) is 1.65. The van der Waals surface area contributed by atoms with Crippen LogP contribution in [0.4, 0.5) is 0 Å². The third-order valence-electron chi connectivity index (χ3n) is 2.63. The Labute approximate surface area is 117 Å². The predicted molar refractivity (Wildman–Crippen MR) is 75.7 cm³/mol. The summed E-state index contributed by atoms with van der Waals surface area (Å²) in [4.78, 5) is 10.7. The summed E-state index contributed by atoms with van der Waals surface area (Å²) < 4.78 is 5.66. The van der Waals surface area contributed by atoms with Gasteiger partial charge in [0.2, 0.25) is 0 Å². The zero-order valence-corrected chi connectivity index (χ0v) is 11.4. The van der Waals surface area contributed by atoms with Crippen molar-refractivity contribution >= 4 is 18.4 Å². The van der Waals surface area contributed by atoms with Crippen molar-refractivity contribution in [2.45, 2.75) is 13.5 Å². The highest BCUT2D eigenvalue weighted by molar-refractivity contribution is 5.88. The van der Waals surface area contributed by atoms with E-state index in [2.05, 4.69) is 5.32 Å². The van der Waals surface area contributed by atoms with Crippen LogP contribution in [-0.4, -0.2) is 17.6 Å². The highest BCUT2D eigenvalue weighted by Crippen LogP contribution is 2.22. The van der Waals surface area contributed by atoms with Crippen molar-refractivity contribution in [1.29, 1.82) is 0 Å². The van der Waals surface area contributed by atoms with Crippen molar-refractivity contribution < 1.29 is 14.3 Å². The highest BCUT2D eigenvalue weighted by atomic mass is 35.5. The number of hydrogen-bond acceptors (Lipinski definition) is 3. The van der Waals surface area contributed by atoms with Crippen LogP contribution in [0.1, 0.15) is 23.0 Å². The van der Waals surface area contributed by atoms with Crippen LogP contribution in [0.5, 0.6) is 0 Å². The van der Waals surface area contributed by atoms with Gasteiger partial charge in [0.25, 0.3) is 0 Å². The molecule has 0 aliphatic heterocycles. The van der Waals surface area contributed by atoms with Crippen molar-refractivity contribution in [1.82, 2.24) is 5.32 Å². The summed E-state index contributed by atoms with van der Waals surface area (Å²) in [6.07, 6.45) is 0. The van der Waals surface area contributed by atoms with Gasteiger partial charge in [0.05, 0.1) is 12.1 Å². The van der Waals surface area contributed by atoms with Gasteiger partial charge in [-0.2, -0.15) is 0 Å². The zero-order valence-electron chi connectivity index (χ0n) is 10.6. The number of carboxylic acids is 1. The Hall–Kier alpha value is -1.78. The van der Waals surface area contributed by atoms with Gasteiger partial charge in [0, 0.05) is 5.56 Å². The van der Waals surface area contributed by atoms with Crippen LogP contribution in [0.15, 0.2) is 40.8 Å². The molecule has 0 saturated carbocycles. The van der Waals surface area contributed by atoms with Crippen molar-refractivity contribution in [3.05, 3.63) is 47.7 Å². The molecule has 2 aromatic rings. The number of hydrogen-bond donors (Lipinski definition) is 2. The summed E-state index contributed by atoms with van der Waals surface area (Å²) in [5.41, 5.74) is 1.15. The third-order valence-corrected chi connectivity index (χ3v) is 2.63. The molecule has 5 heteroatoms. The number of carboxylic acid groups (broad SMARTS) is 1. The molecular formula is C14H16ClNO3. The highest BCUT2D eigenvalue weighted by Gasteiger charge is 2.06. The first-order valence-electron chi connectivity index (χ1n) is 5.84. The molecule has 19 heavy (non-hydrogen) atoms. The normalized spacial score (nSPS) is 9.95. The van der Waals surface area contributed by atoms with E-state index < -0.39 is 5.97 Å². The topological polar surface area (TPSA) is 62.5 Å². The maximum Gasteiger partial charge on any atom is 0.335 e. The molecule has 4 nitrogen and oxygen atoms in total. The molecule has 102 valence electrons. The second-order valence-electron chi connectivity index (χ2n) is 3.93. The number of benzene rings is 1. The predicted octanol–water partition coefficient (Wildman–Crippen LogP) is 3.18. The molecule has 0 saturated heterocycles. The molecule has 0 atom stereocenters. The summed E-state index contributed by atoms with van der Waals surface area (Å²) in [7, 11) is 0. The van der Waals surface area contributed by atoms with Crippen LogP contribution in [-0.2, 0) is 6.54 Å². The van der Waals surface area contributed by atoms with Crippen molar-refractivity contribution in [3.63, 3.8) is 0 Å². The second-order valence-corrected chi connectivity index (χ2v) is 3.93. The summed E-state index contributed by atoms with van der Waals surface area (Å²) in [6, 6.07) is 10.5. The first-order chi connectivity index (χ1) is 8.70. The summed E-state index contributed by atoms with van der Waals surface area (Å²) in [5.74, 6) is 0.697. The van der Waals surface area contributed by atoms with E-state index >= 15 is 0 Å². The average molecular weight is 282 g/mol. The number of furan rings is 1. The standard InChI is InChI=1S/C14H15NO3.ClH/c1-2-15-9-12-7-8-13(18-12)10-3-5-11(6-4-10)14(16)17;/h3-8,15H,2,9H2,1H3,(H,16,17);1H. The Bertz CT molecular complexity index is 534. The minimum absolute atomic E-state index is 0. The fourth-order valence-corrected chi connectivity index (χ4v) is 1.65. The van der Waals surface area contributed by atoms with E-state index in [0.717, 1.165) is 23.6 Å². The largest absolute Gasteiger partial charge is 0.478 e. The van der Waals surface area contributed by atoms with E-state index in [4.69, 9.17) is 9.52 Å². The molecule has 1 aromatic carbocycles. The van der Waals surface area contributed by atoms with Crippen molar-refractivity contribution in [3.8, 4) is 11.3 Å². The minimum atomic E-state index is -0.922. The molecule has 0 bridgehead atoms. The fraction of sp³-hybridized carbons (Fsp3) is 0.214. The van der Waals surface area contributed by atoms with Crippen LogP contribution in [0.25, 0.3) is 11.3 Å². The quantitative estimate of drug-likeness (QED) is 0.883. The van der Waals surface area contributed by atoms with Crippen LogP contribution in [0.2, 0.25) is 0 Å². The Balaban J connectivity index is 0.00000180. The Morgan fingerprint density at radius 3 is 2.47 bits per heavy atom. The Kier molecular flexibility index (Phi) is 5.60. The lowest BCUT2D eigenvalue weighted by Gasteiger charge is -1.99. The number of halogens is 1. The number of nitrogens with one attached hydrogen (secondary N) is 1. The summed E-state index contributed by atoms with van der Waals surface area (Å²) >= 11 is 0. The second kappa shape index (κ2) is 6.97. The van der Waals surface area contributed by atoms with E-state index in [1.165, 1.54) is 0 Å². The lowest BCUT2D eigenvalue weighted by Crippen LogP contribution is -2.10. The van der Waals surface area contributed by atoms with Gasteiger partial charge in [0.15, 0.2) is 0 Å². The van der Waals surface area contributed by atoms with Gasteiger partial charge >= 0.3 is 5.97 Å². The Morgan fingerprint density at radius 1 is 1.21 bits per heavy atom. The molecule has 0 spiro atoms. The lowest BCUT2D eigenvalue weighted by molar-refractivity contribution is 0.0697. The third kappa shape index (κ3) is 3.84. The molecule has 1 aromatic heterocycles. The van der Waals surface area contributed by atoms with E-state index in [1.807, 2.05) is 19.1 Å². The smallest absolute Gasteiger partial charge is 0.335 e. The van der Waals surface area contributed by atoms with Crippen LogP contribution in [0.3, 0.4) is 0 Å². The molecule has 2 rings (SSSR count). The molecule has 0 aliphatic carbocycles. The molecule has 0 radical (unpaired) electrons. The van der Waals surface area contributed by atoms with E-state index in [1.54, 1.807) is 24.3 Å². The van der Waals surface area contributed by atoms with Gasteiger partial charge in [-0.25, -0.2) is 4.79 Å². The SMILES string of the molecule is CCNCc1ccc(-c2ccc(C(=O)O)cc2)o1.Cl. The molecule has 1 heterocycles. The minimum Gasteiger partial charge on any atom is -0.478 e. The first kappa shape index (κ1) is 15.3.